The summed E-state index contributed by atoms with van der Waals surface area (Å²) in [4.78, 5) is 14.0. The Kier molecular flexibility index (Phi) is 5.25. The van der Waals surface area contributed by atoms with Gasteiger partial charge in [-0.1, -0.05) is 6.07 Å². The molecule has 2 rings (SSSR count). The van der Waals surface area contributed by atoms with E-state index in [2.05, 4.69) is 27.4 Å². The van der Waals surface area contributed by atoms with E-state index in [1.54, 1.807) is 36.5 Å². The molecule has 6 heteroatoms. The Morgan fingerprint density at radius 1 is 1.48 bits per heavy atom. The number of ether oxygens (including phenoxy) is 1. The number of nitrogen functional groups attached to an aromatic ring is 1. The van der Waals surface area contributed by atoms with E-state index in [1.807, 2.05) is 11.9 Å². The summed E-state index contributed by atoms with van der Waals surface area (Å²) in [5, 5.41) is 2.07. The number of hydrogen-bond acceptors (Lipinski definition) is 5. The molecule has 112 valence electrons. The lowest BCUT2D eigenvalue weighted by molar-refractivity contribution is 0.0527. The Hall–Kier alpha value is -1.53. The molecule has 0 fully saturated rings. The molecule has 0 spiro atoms. The predicted octanol–water partition coefficient (Wildman–Crippen LogP) is 3.91. The van der Waals surface area contributed by atoms with E-state index >= 15 is 0 Å². The number of hydrogen-bond donors (Lipinski definition) is 1. The van der Waals surface area contributed by atoms with Crippen molar-refractivity contribution in [3.8, 4) is 0 Å². The summed E-state index contributed by atoms with van der Waals surface area (Å²) in [6.45, 7) is 2.80. The number of nitrogens with zero attached hydrogens (tertiary/aromatic N) is 1. The standard InChI is InChI=1S/C15H17BrN2O2S/c1-3-20-15(19)11-5-4-6-12(17)14(11)18(2)8-10-7-13(16)21-9-10/h4-7,9H,3,8,17H2,1-2H3. The van der Waals surface area contributed by atoms with Gasteiger partial charge >= 0.3 is 5.97 Å². The van der Waals surface area contributed by atoms with E-state index in [1.165, 1.54) is 0 Å². The molecule has 0 unspecified atom stereocenters. The normalized spacial score (nSPS) is 10.4. The SMILES string of the molecule is CCOC(=O)c1cccc(N)c1N(C)Cc1csc(Br)c1. The summed E-state index contributed by atoms with van der Waals surface area (Å²) in [6, 6.07) is 7.35. The van der Waals surface area contributed by atoms with Gasteiger partial charge in [0.2, 0.25) is 0 Å². The molecule has 4 nitrogen and oxygen atoms in total. The third-order valence-corrected chi connectivity index (χ3v) is 4.54. The third-order valence-electron chi connectivity index (χ3n) is 2.99. The molecular weight excluding hydrogens is 352 g/mol. The van der Waals surface area contributed by atoms with Gasteiger partial charge < -0.3 is 15.4 Å². The Morgan fingerprint density at radius 2 is 2.24 bits per heavy atom. The molecule has 0 aliphatic carbocycles. The van der Waals surface area contributed by atoms with Crippen molar-refractivity contribution in [2.45, 2.75) is 13.5 Å². The molecule has 0 atom stereocenters. The van der Waals surface area contributed by atoms with Crippen molar-refractivity contribution in [1.29, 1.82) is 0 Å². The number of rotatable bonds is 5. The number of nitrogens with two attached hydrogens (primary N) is 1. The number of anilines is 2. The number of carbonyl (C=O) groups excluding carboxylic acids is 1. The van der Waals surface area contributed by atoms with E-state index in [9.17, 15) is 4.79 Å². The third kappa shape index (κ3) is 3.77. The van der Waals surface area contributed by atoms with Crippen LogP contribution in [-0.2, 0) is 11.3 Å². The number of halogens is 1. The van der Waals surface area contributed by atoms with Crippen molar-refractivity contribution in [3.63, 3.8) is 0 Å². The highest BCUT2D eigenvalue weighted by atomic mass is 79.9. The first-order chi connectivity index (χ1) is 10.0. The van der Waals surface area contributed by atoms with Crippen molar-refractivity contribution in [2.24, 2.45) is 0 Å². The fourth-order valence-electron chi connectivity index (χ4n) is 2.14. The first kappa shape index (κ1) is 15.9. The first-order valence-electron chi connectivity index (χ1n) is 6.52. The van der Waals surface area contributed by atoms with Crippen molar-refractivity contribution in [2.75, 3.05) is 24.3 Å². The summed E-state index contributed by atoms with van der Waals surface area (Å²) in [5.74, 6) is -0.349. The van der Waals surface area contributed by atoms with E-state index in [0.29, 0.717) is 30.1 Å². The highest BCUT2D eigenvalue weighted by molar-refractivity contribution is 9.11. The van der Waals surface area contributed by atoms with Crippen LogP contribution in [0.3, 0.4) is 0 Å². The van der Waals surface area contributed by atoms with Crippen molar-refractivity contribution in [1.82, 2.24) is 0 Å². The second-order valence-electron chi connectivity index (χ2n) is 4.58. The van der Waals surface area contributed by atoms with E-state index in [4.69, 9.17) is 10.5 Å². The first-order valence-corrected chi connectivity index (χ1v) is 8.19. The van der Waals surface area contributed by atoms with Gasteiger partial charge in [0.15, 0.2) is 0 Å². The van der Waals surface area contributed by atoms with Crippen molar-refractivity contribution < 1.29 is 9.53 Å². The highest BCUT2D eigenvalue weighted by Crippen LogP contribution is 2.30. The fourth-order valence-corrected chi connectivity index (χ4v) is 3.34. The maximum Gasteiger partial charge on any atom is 0.340 e. The molecule has 0 saturated heterocycles. The Labute approximate surface area is 136 Å². The quantitative estimate of drug-likeness (QED) is 0.642. The molecular formula is C15H17BrN2O2S. The van der Waals surface area contributed by atoms with Crippen LogP contribution in [0.5, 0.6) is 0 Å². The molecule has 1 aromatic heterocycles. The van der Waals surface area contributed by atoms with Gasteiger partial charge in [0.05, 0.1) is 27.3 Å². The minimum atomic E-state index is -0.349. The molecule has 0 radical (unpaired) electrons. The monoisotopic (exact) mass is 368 g/mol. The lowest BCUT2D eigenvalue weighted by Gasteiger charge is -2.23. The van der Waals surface area contributed by atoms with Crippen molar-refractivity contribution >= 4 is 44.6 Å². The average Bonchev–Trinajstić information content (AvgIpc) is 2.83. The maximum absolute atomic E-state index is 12.1. The zero-order valence-electron chi connectivity index (χ0n) is 11.9. The van der Waals surface area contributed by atoms with Crippen LogP contribution in [0.2, 0.25) is 0 Å². The number of carbonyl (C=O) groups is 1. The van der Waals surface area contributed by atoms with Crippen molar-refractivity contribution in [3.05, 3.63) is 44.6 Å². The molecule has 0 saturated carbocycles. The second-order valence-corrected chi connectivity index (χ2v) is 6.87. The lowest BCUT2D eigenvalue weighted by atomic mass is 10.1. The highest BCUT2D eigenvalue weighted by Gasteiger charge is 2.18. The number of para-hydroxylation sites is 1. The Balaban J connectivity index is 2.30. The number of esters is 1. The summed E-state index contributed by atoms with van der Waals surface area (Å²) < 4.78 is 6.18. The largest absolute Gasteiger partial charge is 0.462 e. The van der Waals surface area contributed by atoms with Gasteiger partial charge in [-0.05, 0) is 52.0 Å². The zero-order chi connectivity index (χ0) is 15.4. The van der Waals surface area contributed by atoms with E-state index < -0.39 is 0 Å². The second kappa shape index (κ2) is 6.95. The summed E-state index contributed by atoms with van der Waals surface area (Å²) >= 11 is 5.08. The van der Waals surface area contributed by atoms with Crippen LogP contribution < -0.4 is 10.6 Å². The molecule has 0 amide bonds. The molecule has 1 aromatic carbocycles. The van der Waals surface area contributed by atoms with E-state index in [0.717, 1.165) is 9.35 Å². The van der Waals surface area contributed by atoms with Gasteiger partial charge in [0, 0.05) is 13.6 Å². The number of thiophene rings is 1. The van der Waals surface area contributed by atoms with Gasteiger partial charge in [0.1, 0.15) is 0 Å². The van der Waals surface area contributed by atoms with Gasteiger partial charge in [-0.15, -0.1) is 11.3 Å². The van der Waals surface area contributed by atoms with Crippen LogP contribution in [-0.4, -0.2) is 19.6 Å². The molecule has 2 aromatic rings. The van der Waals surface area contributed by atoms with Gasteiger partial charge in [-0.3, -0.25) is 0 Å². The van der Waals surface area contributed by atoms with Gasteiger partial charge in [0.25, 0.3) is 0 Å². The minimum absolute atomic E-state index is 0.342. The van der Waals surface area contributed by atoms with Crippen LogP contribution in [0.1, 0.15) is 22.8 Å². The summed E-state index contributed by atoms with van der Waals surface area (Å²) in [6.07, 6.45) is 0. The topological polar surface area (TPSA) is 55.6 Å². The Bertz CT molecular complexity index is 642. The smallest absolute Gasteiger partial charge is 0.340 e. The van der Waals surface area contributed by atoms with Crippen LogP contribution in [0.15, 0.2) is 33.4 Å². The molecule has 0 aliphatic rings. The van der Waals surface area contributed by atoms with E-state index in [-0.39, 0.29) is 5.97 Å². The molecule has 1 heterocycles. The maximum atomic E-state index is 12.1. The summed E-state index contributed by atoms with van der Waals surface area (Å²) in [7, 11) is 1.92. The predicted molar refractivity (Wildman–Crippen MR) is 90.9 cm³/mol. The zero-order valence-corrected chi connectivity index (χ0v) is 14.3. The molecule has 2 N–H and O–H groups in total. The molecule has 0 bridgehead atoms. The molecule has 0 aliphatic heterocycles. The lowest BCUT2D eigenvalue weighted by Crippen LogP contribution is -2.21. The van der Waals surface area contributed by atoms with Crippen LogP contribution in [0.25, 0.3) is 0 Å². The van der Waals surface area contributed by atoms with Gasteiger partial charge in [-0.25, -0.2) is 4.79 Å². The molecule has 21 heavy (non-hydrogen) atoms. The fraction of sp³-hybridized carbons (Fsp3) is 0.267. The Morgan fingerprint density at radius 3 is 2.86 bits per heavy atom. The van der Waals surface area contributed by atoms with Crippen LogP contribution >= 0.6 is 27.3 Å². The van der Waals surface area contributed by atoms with Gasteiger partial charge in [-0.2, -0.15) is 0 Å². The van der Waals surface area contributed by atoms with Crippen LogP contribution in [0, 0.1) is 0 Å². The average molecular weight is 369 g/mol. The summed E-state index contributed by atoms with van der Waals surface area (Å²) in [5.41, 5.74) is 8.99. The van der Waals surface area contributed by atoms with Crippen LogP contribution in [0.4, 0.5) is 11.4 Å². The number of benzene rings is 1. The minimum Gasteiger partial charge on any atom is -0.462 e.